The second-order valence-electron chi connectivity index (χ2n) is 7.22. The van der Waals surface area contributed by atoms with Gasteiger partial charge in [-0.25, -0.2) is 4.98 Å². The Labute approximate surface area is 168 Å². The maximum atomic E-state index is 12.7. The minimum Gasteiger partial charge on any atom is -0.459 e. The third-order valence-electron chi connectivity index (χ3n) is 5.13. The quantitative estimate of drug-likeness (QED) is 0.681. The summed E-state index contributed by atoms with van der Waals surface area (Å²) in [4.78, 5) is 33.1. The number of furan rings is 1. The zero-order chi connectivity index (χ0) is 20.4. The number of amides is 2. The summed E-state index contributed by atoms with van der Waals surface area (Å²) in [5, 5.41) is 0. The number of piperazine rings is 1. The minimum atomic E-state index is -0.141. The molecule has 0 N–H and O–H groups in total. The first-order valence-electron chi connectivity index (χ1n) is 9.65. The lowest BCUT2D eigenvalue weighted by Gasteiger charge is -2.34. The molecule has 2 amide bonds. The van der Waals surface area contributed by atoms with Gasteiger partial charge in [-0.2, -0.15) is 0 Å². The SMILES string of the molecule is Cc1cccc(-c2nc(CC(=O)N3CCN(C(=O)c4ccco4)CC3)c(C)o2)c1. The third-order valence-corrected chi connectivity index (χ3v) is 5.13. The number of aromatic nitrogens is 1. The number of carbonyl (C=O) groups excluding carboxylic acids is 2. The van der Waals surface area contributed by atoms with Gasteiger partial charge in [0.25, 0.3) is 5.91 Å². The summed E-state index contributed by atoms with van der Waals surface area (Å²) in [7, 11) is 0. The molecule has 0 bridgehead atoms. The normalized spacial score (nSPS) is 14.3. The average molecular weight is 393 g/mol. The lowest BCUT2D eigenvalue weighted by molar-refractivity contribution is -0.132. The fourth-order valence-corrected chi connectivity index (χ4v) is 3.46. The van der Waals surface area contributed by atoms with Crippen molar-refractivity contribution in [1.29, 1.82) is 0 Å². The predicted molar refractivity (Wildman–Crippen MR) is 106 cm³/mol. The molecule has 0 spiro atoms. The Bertz CT molecular complexity index is 1010. The molecule has 7 nitrogen and oxygen atoms in total. The maximum absolute atomic E-state index is 12.7. The summed E-state index contributed by atoms with van der Waals surface area (Å²) in [5.74, 6) is 1.36. The van der Waals surface area contributed by atoms with E-state index in [4.69, 9.17) is 8.83 Å². The average Bonchev–Trinajstić information content (AvgIpc) is 3.38. The van der Waals surface area contributed by atoms with Crippen LogP contribution in [0.3, 0.4) is 0 Å². The molecule has 1 aliphatic rings. The van der Waals surface area contributed by atoms with Crippen LogP contribution in [0.2, 0.25) is 0 Å². The number of oxazole rings is 1. The van der Waals surface area contributed by atoms with Crippen LogP contribution in [0.25, 0.3) is 11.5 Å². The van der Waals surface area contributed by atoms with Gasteiger partial charge in [-0.3, -0.25) is 9.59 Å². The van der Waals surface area contributed by atoms with Gasteiger partial charge < -0.3 is 18.6 Å². The van der Waals surface area contributed by atoms with Crippen LogP contribution >= 0.6 is 0 Å². The first kappa shape index (κ1) is 19.0. The summed E-state index contributed by atoms with van der Waals surface area (Å²) >= 11 is 0. The Balaban J connectivity index is 1.37. The number of hydrogen-bond donors (Lipinski definition) is 0. The molecule has 1 fully saturated rings. The highest BCUT2D eigenvalue weighted by Gasteiger charge is 2.27. The van der Waals surface area contributed by atoms with E-state index in [0.717, 1.165) is 11.1 Å². The summed E-state index contributed by atoms with van der Waals surface area (Å²) in [6, 6.07) is 11.3. The van der Waals surface area contributed by atoms with Gasteiger partial charge in [-0.1, -0.05) is 17.7 Å². The van der Waals surface area contributed by atoms with Gasteiger partial charge in [-0.05, 0) is 38.1 Å². The van der Waals surface area contributed by atoms with Gasteiger partial charge in [0, 0.05) is 31.7 Å². The zero-order valence-corrected chi connectivity index (χ0v) is 16.6. The van der Waals surface area contributed by atoms with Crippen molar-refractivity contribution in [1.82, 2.24) is 14.8 Å². The molecule has 3 aromatic rings. The number of rotatable bonds is 4. The highest BCUT2D eigenvalue weighted by atomic mass is 16.4. The van der Waals surface area contributed by atoms with E-state index in [1.165, 1.54) is 6.26 Å². The smallest absolute Gasteiger partial charge is 0.289 e. The molecule has 2 aromatic heterocycles. The predicted octanol–water partition coefficient (Wildman–Crippen LogP) is 3.08. The first-order valence-corrected chi connectivity index (χ1v) is 9.65. The fraction of sp³-hybridized carbons (Fsp3) is 0.318. The van der Waals surface area contributed by atoms with E-state index in [9.17, 15) is 9.59 Å². The Kier molecular flexibility index (Phi) is 5.20. The number of nitrogens with zero attached hydrogens (tertiary/aromatic N) is 3. The molecule has 0 saturated carbocycles. The van der Waals surface area contributed by atoms with E-state index in [2.05, 4.69) is 4.98 Å². The molecule has 150 valence electrons. The number of aryl methyl sites for hydroxylation is 2. The van der Waals surface area contributed by atoms with Gasteiger partial charge in [0.15, 0.2) is 5.76 Å². The van der Waals surface area contributed by atoms with Crippen molar-refractivity contribution in [3.8, 4) is 11.5 Å². The van der Waals surface area contributed by atoms with Crippen LogP contribution in [0.5, 0.6) is 0 Å². The molecule has 1 aromatic carbocycles. The molecule has 4 rings (SSSR count). The van der Waals surface area contributed by atoms with Gasteiger partial charge >= 0.3 is 0 Å². The second-order valence-corrected chi connectivity index (χ2v) is 7.22. The van der Waals surface area contributed by atoms with E-state index in [0.29, 0.717) is 49.3 Å². The summed E-state index contributed by atoms with van der Waals surface area (Å²) < 4.78 is 11.0. The number of carbonyl (C=O) groups is 2. The van der Waals surface area contributed by atoms with E-state index in [1.807, 2.05) is 38.1 Å². The van der Waals surface area contributed by atoms with Gasteiger partial charge in [0.05, 0.1) is 18.4 Å². The molecule has 0 aliphatic carbocycles. The van der Waals surface area contributed by atoms with Crippen molar-refractivity contribution in [2.24, 2.45) is 0 Å². The highest BCUT2D eigenvalue weighted by molar-refractivity contribution is 5.91. The molecule has 3 heterocycles. The molecule has 0 atom stereocenters. The van der Waals surface area contributed by atoms with Crippen LogP contribution in [0, 0.1) is 13.8 Å². The van der Waals surface area contributed by atoms with Crippen LogP contribution in [0.1, 0.15) is 27.6 Å². The van der Waals surface area contributed by atoms with Crippen molar-refractivity contribution in [2.45, 2.75) is 20.3 Å². The fourth-order valence-electron chi connectivity index (χ4n) is 3.46. The monoisotopic (exact) mass is 393 g/mol. The summed E-state index contributed by atoms with van der Waals surface area (Å²) in [6.45, 7) is 5.80. The first-order chi connectivity index (χ1) is 14.0. The van der Waals surface area contributed by atoms with Crippen molar-refractivity contribution in [2.75, 3.05) is 26.2 Å². The third kappa shape index (κ3) is 4.08. The van der Waals surface area contributed by atoms with Crippen molar-refractivity contribution < 1.29 is 18.4 Å². The van der Waals surface area contributed by atoms with Crippen molar-refractivity contribution in [3.63, 3.8) is 0 Å². The minimum absolute atomic E-state index is 0.0118. The van der Waals surface area contributed by atoms with Gasteiger partial charge in [0.1, 0.15) is 5.76 Å². The van der Waals surface area contributed by atoms with Crippen molar-refractivity contribution in [3.05, 3.63) is 65.4 Å². The lowest BCUT2D eigenvalue weighted by atomic mass is 10.1. The molecule has 0 unspecified atom stereocenters. The molecule has 1 aliphatic heterocycles. The Morgan fingerprint density at radius 2 is 1.79 bits per heavy atom. The maximum Gasteiger partial charge on any atom is 0.289 e. The molecular weight excluding hydrogens is 370 g/mol. The van der Waals surface area contributed by atoms with Crippen LogP contribution in [0.15, 0.2) is 51.5 Å². The Hall–Kier alpha value is -3.35. The van der Waals surface area contributed by atoms with E-state index >= 15 is 0 Å². The summed E-state index contributed by atoms with van der Waals surface area (Å²) in [5.41, 5.74) is 2.68. The van der Waals surface area contributed by atoms with Crippen LogP contribution < -0.4 is 0 Å². The van der Waals surface area contributed by atoms with Crippen molar-refractivity contribution >= 4 is 11.8 Å². The van der Waals surface area contributed by atoms with Crippen LogP contribution in [-0.2, 0) is 11.2 Å². The second kappa shape index (κ2) is 7.95. The number of benzene rings is 1. The largest absolute Gasteiger partial charge is 0.459 e. The summed E-state index contributed by atoms with van der Waals surface area (Å²) in [6.07, 6.45) is 1.67. The van der Waals surface area contributed by atoms with E-state index < -0.39 is 0 Å². The Morgan fingerprint density at radius 1 is 1.03 bits per heavy atom. The standard InChI is InChI=1S/C22H23N3O4/c1-15-5-3-6-17(13-15)21-23-18(16(2)29-21)14-20(26)24-8-10-25(11-9-24)22(27)19-7-4-12-28-19/h3-7,12-13H,8-11,14H2,1-2H3. The molecule has 1 saturated heterocycles. The topological polar surface area (TPSA) is 79.8 Å². The molecule has 7 heteroatoms. The van der Waals surface area contributed by atoms with Crippen LogP contribution in [0.4, 0.5) is 0 Å². The van der Waals surface area contributed by atoms with Gasteiger partial charge in [0.2, 0.25) is 11.8 Å². The van der Waals surface area contributed by atoms with E-state index in [1.54, 1.807) is 21.9 Å². The molecule has 0 radical (unpaired) electrons. The Morgan fingerprint density at radius 3 is 2.48 bits per heavy atom. The highest BCUT2D eigenvalue weighted by Crippen LogP contribution is 2.23. The lowest BCUT2D eigenvalue weighted by Crippen LogP contribution is -2.51. The molecular formula is C22H23N3O4. The number of hydrogen-bond acceptors (Lipinski definition) is 5. The van der Waals surface area contributed by atoms with E-state index in [-0.39, 0.29) is 18.2 Å². The zero-order valence-electron chi connectivity index (χ0n) is 16.6. The van der Waals surface area contributed by atoms with Crippen LogP contribution in [-0.4, -0.2) is 52.8 Å². The van der Waals surface area contributed by atoms with Gasteiger partial charge in [-0.15, -0.1) is 0 Å². The molecule has 29 heavy (non-hydrogen) atoms.